The third-order valence-corrected chi connectivity index (χ3v) is 5.62. The first-order chi connectivity index (χ1) is 12.1. The van der Waals surface area contributed by atoms with Gasteiger partial charge in [-0.1, -0.05) is 32.3 Å². The normalized spacial score (nSPS) is 30.1. The van der Waals surface area contributed by atoms with Crippen molar-refractivity contribution >= 4 is 5.97 Å². The highest BCUT2D eigenvalue weighted by molar-refractivity contribution is 5.92. The van der Waals surface area contributed by atoms with Gasteiger partial charge in [-0.15, -0.1) is 0 Å². The minimum absolute atomic E-state index is 0.128. The van der Waals surface area contributed by atoms with Gasteiger partial charge in [0, 0.05) is 18.4 Å². The van der Waals surface area contributed by atoms with Crippen LogP contribution in [0.3, 0.4) is 0 Å². The van der Waals surface area contributed by atoms with Crippen LogP contribution in [-0.2, 0) is 15.9 Å². The molecule has 136 valence electrons. The van der Waals surface area contributed by atoms with Crippen molar-refractivity contribution in [1.82, 2.24) is 0 Å². The Bertz CT molecular complexity index is 662. The van der Waals surface area contributed by atoms with Gasteiger partial charge in [0.05, 0.1) is 18.8 Å². The summed E-state index contributed by atoms with van der Waals surface area (Å²) >= 11 is 0. The van der Waals surface area contributed by atoms with E-state index in [2.05, 4.69) is 6.92 Å². The lowest BCUT2D eigenvalue weighted by atomic mass is 9.84. The van der Waals surface area contributed by atoms with Crippen molar-refractivity contribution in [2.24, 2.45) is 0 Å². The number of hydrogen-bond donors (Lipinski definition) is 1. The van der Waals surface area contributed by atoms with Crippen LogP contribution in [-0.4, -0.2) is 29.6 Å². The molecule has 0 amide bonds. The average molecular weight is 346 g/mol. The van der Waals surface area contributed by atoms with Crippen LogP contribution in [0.25, 0.3) is 0 Å². The highest BCUT2D eigenvalue weighted by Crippen LogP contribution is 2.51. The smallest absolute Gasteiger partial charge is 0.339 e. The Morgan fingerprint density at radius 1 is 1.36 bits per heavy atom. The summed E-state index contributed by atoms with van der Waals surface area (Å²) in [6.45, 7) is 2.86. The molecule has 3 aliphatic rings. The van der Waals surface area contributed by atoms with Gasteiger partial charge in [0.1, 0.15) is 11.3 Å². The zero-order chi connectivity index (χ0) is 17.4. The summed E-state index contributed by atoms with van der Waals surface area (Å²) in [5, 5.41) is 9.57. The molecule has 0 aromatic heterocycles. The monoisotopic (exact) mass is 346 g/mol. The van der Waals surface area contributed by atoms with Crippen LogP contribution >= 0.6 is 0 Å². The van der Waals surface area contributed by atoms with Gasteiger partial charge < -0.3 is 19.3 Å². The van der Waals surface area contributed by atoms with Crippen LogP contribution in [0.2, 0.25) is 0 Å². The molecule has 1 fully saturated rings. The van der Waals surface area contributed by atoms with Gasteiger partial charge in [-0.2, -0.15) is 0 Å². The minimum Gasteiger partial charge on any atom is -0.478 e. The van der Waals surface area contributed by atoms with E-state index in [-0.39, 0.29) is 17.8 Å². The number of carboxylic acid groups (broad SMARTS) is 1. The molecule has 1 saturated heterocycles. The lowest BCUT2D eigenvalue weighted by Crippen LogP contribution is -2.44. The first-order valence-corrected chi connectivity index (χ1v) is 9.49. The van der Waals surface area contributed by atoms with Crippen LogP contribution in [0.15, 0.2) is 12.1 Å². The number of carboxylic acids is 1. The van der Waals surface area contributed by atoms with E-state index >= 15 is 0 Å². The largest absolute Gasteiger partial charge is 0.478 e. The molecule has 0 aliphatic carbocycles. The minimum atomic E-state index is -0.961. The Labute approximate surface area is 148 Å². The standard InChI is InChI=1S/C20H26O5/c1-2-3-4-6-14-11-13-7-8-15(19(21)22)18-17(13)16(24-14)12-20(25-18)9-5-10-23-20/h7-8,14,16H,2-6,9-12H2,1H3,(H,21,22)/t14-,16-,20-/m1/s1. The summed E-state index contributed by atoms with van der Waals surface area (Å²) in [5.74, 6) is -1.21. The SMILES string of the molecule is CCCCC[C@@H]1Cc2ccc(C(=O)O)c3c2[C@@H](C[C@@]2(CCCO2)O3)O1. The maximum atomic E-state index is 11.7. The summed E-state index contributed by atoms with van der Waals surface area (Å²) < 4.78 is 18.5. The fourth-order valence-corrected chi connectivity index (χ4v) is 4.41. The van der Waals surface area contributed by atoms with Crippen LogP contribution < -0.4 is 4.74 Å². The van der Waals surface area contributed by atoms with Crippen molar-refractivity contribution in [2.45, 2.75) is 76.3 Å². The van der Waals surface area contributed by atoms with E-state index in [0.29, 0.717) is 18.8 Å². The van der Waals surface area contributed by atoms with Gasteiger partial charge in [0.2, 0.25) is 5.79 Å². The van der Waals surface area contributed by atoms with E-state index in [1.165, 1.54) is 24.8 Å². The molecule has 0 radical (unpaired) electrons. The van der Waals surface area contributed by atoms with Crippen LogP contribution in [0, 0.1) is 0 Å². The molecule has 0 saturated carbocycles. The zero-order valence-corrected chi connectivity index (χ0v) is 14.8. The second kappa shape index (κ2) is 6.61. The van der Waals surface area contributed by atoms with E-state index in [1.54, 1.807) is 6.07 Å². The maximum Gasteiger partial charge on any atom is 0.339 e. The van der Waals surface area contributed by atoms with Crippen molar-refractivity contribution in [3.8, 4) is 5.75 Å². The van der Waals surface area contributed by atoms with Gasteiger partial charge in [0.25, 0.3) is 0 Å². The topological polar surface area (TPSA) is 65.0 Å². The average Bonchev–Trinajstić information content (AvgIpc) is 3.02. The zero-order valence-electron chi connectivity index (χ0n) is 14.8. The first kappa shape index (κ1) is 16.9. The maximum absolute atomic E-state index is 11.7. The molecule has 25 heavy (non-hydrogen) atoms. The molecule has 0 unspecified atom stereocenters. The Balaban J connectivity index is 1.69. The molecule has 1 N–H and O–H groups in total. The van der Waals surface area contributed by atoms with E-state index in [4.69, 9.17) is 14.2 Å². The Hall–Kier alpha value is -1.59. The third kappa shape index (κ3) is 3.04. The van der Waals surface area contributed by atoms with Crippen LogP contribution in [0.5, 0.6) is 5.75 Å². The molecule has 3 atom stereocenters. The predicted molar refractivity (Wildman–Crippen MR) is 92.0 cm³/mol. The van der Waals surface area contributed by atoms with E-state index in [9.17, 15) is 9.90 Å². The van der Waals surface area contributed by atoms with Crippen LogP contribution in [0.1, 0.15) is 79.5 Å². The fourth-order valence-electron chi connectivity index (χ4n) is 4.41. The molecular weight excluding hydrogens is 320 g/mol. The fraction of sp³-hybridized carbons (Fsp3) is 0.650. The summed E-state index contributed by atoms with van der Waals surface area (Å²) in [6, 6.07) is 3.62. The lowest BCUT2D eigenvalue weighted by molar-refractivity contribution is -0.197. The third-order valence-electron chi connectivity index (χ3n) is 5.62. The van der Waals surface area contributed by atoms with Crippen molar-refractivity contribution in [1.29, 1.82) is 0 Å². The number of ether oxygens (including phenoxy) is 3. The van der Waals surface area contributed by atoms with Gasteiger partial charge in [0.15, 0.2) is 0 Å². The number of unbranched alkanes of at least 4 members (excludes halogenated alkanes) is 2. The van der Waals surface area contributed by atoms with Gasteiger partial charge >= 0.3 is 5.97 Å². The highest BCUT2D eigenvalue weighted by atomic mass is 16.7. The highest BCUT2D eigenvalue weighted by Gasteiger charge is 2.48. The molecule has 3 heterocycles. The van der Waals surface area contributed by atoms with E-state index in [0.717, 1.165) is 31.2 Å². The molecular formula is C20H26O5. The lowest BCUT2D eigenvalue weighted by Gasteiger charge is -2.43. The molecule has 1 spiro atoms. The van der Waals surface area contributed by atoms with E-state index < -0.39 is 11.8 Å². The molecule has 3 aliphatic heterocycles. The quantitative estimate of drug-likeness (QED) is 0.808. The number of benzene rings is 1. The van der Waals surface area contributed by atoms with Crippen molar-refractivity contribution in [2.75, 3.05) is 6.61 Å². The van der Waals surface area contributed by atoms with Crippen molar-refractivity contribution in [3.63, 3.8) is 0 Å². The van der Waals surface area contributed by atoms with Gasteiger partial charge in [-0.05, 0) is 30.9 Å². The number of aromatic carboxylic acids is 1. The molecule has 1 aromatic carbocycles. The molecule has 5 nitrogen and oxygen atoms in total. The number of carbonyl (C=O) groups is 1. The number of hydrogen-bond acceptors (Lipinski definition) is 4. The second-order valence-electron chi connectivity index (χ2n) is 7.44. The van der Waals surface area contributed by atoms with E-state index in [1.807, 2.05) is 6.07 Å². The summed E-state index contributed by atoms with van der Waals surface area (Å²) in [6.07, 6.45) is 7.91. The molecule has 0 bridgehead atoms. The Morgan fingerprint density at radius 2 is 2.24 bits per heavy atom. The molecule has 1 aromatic rings. The summed E-state index contributed by atoms with van der Waals surface area (Å²) in [7, 11) is 0. The molecule has 4 rings (SSSR count). The Morgan fingerprint density at radius 3 is 2.96 bits per heavy atom. The molecule has 5 heteroatoms. The predicted octanol–water partition coefficient (Wildman–Crippen LogP) is 4.24. The number of rotatable bonds is 5. The van der Waals surface area contributed by atoms with Gasteiger partial charge in [-0.25, -0.2) is 4.79 Å². The summed E-state index contributed by atoms with van der Waals surface area (Å²) in [5.41, 5.74) is 2.32. The first-order valence-electron chi connectivity index (χ1n) is 9.49. The Kier molecular flexibility index (Phi) is 4.46. The van der Waals surface area contributed by atoms with Crippen LogP contribution in [0.4, 0.5) is 0 Å². The van der Waals surface area contributed by atoms with Crippen molar-refractivity contribution < 1.29 is 24.1 Å². The summed E-state index contributed by atoms with van der Waals surface area (Å²) in [4.78, 5) is 11.7. The van der Waals surface area contributed by atoms with Gasteiger partial charge in [-0.3, -0.25) is 0 Å². The van der Waals surface area contributed by atoms with Crippen molar-refractivity contribution in [3.05, 3.63) is 28.8 Å². The second-order valence-corrected chi connectivity index (χ2v) is 7.44.